The van der Waals surface area contributed by atoms with Crippen molar-refractivity contribution in [2.75, 3.05) is 13.6 Å². The van der Waals surface area contributed by atoms with Crippen molar-refractivity contribution in [3.05, 3.63) is 30.1 Å². The van der Waals surface area contributed by atoms with Crippen molar-refractivity contribution >= 4 is 17.0 Å². The van der Waals surface area contributed by atoms with Gasteiger partial charge >= 0.3 is 5.97 Å². The molecule has 0 radical (unpaired) electrons. The third-order valence-electron chi connectivity index (χ3n) is 3.00. The molecule has 0 saturated carbocycles. The lowest BCUT2D eigenvalue weighted by atomic mass is 10.3. The summed E-state index contributed by atoms with van der Waals surface area (Å²) >= 11 is 0. The fourth-order valence-corrected chi connectivity index (χ4v) is 1.94. The van der Waals surface area contributed by atoms with Crippen molar-refractivity contribution in [3.8, 4) is 0 Å². The van der Waals surface area contributed by atoms with Crippen LogP contribution in [0.4, 0.5) is 0 Å². The Hall–Kier alpha value is -1.88. The Morgan fingerprint density at radius 2 is 2.17 bits per heavy atom. The first-order valence-electron chi connectivity index (χ1n) is 5.88. The molecule has 1 aromatic carbocycles. The molecule has 0 fully saturated rings. The smallest absolute Gasteiger partial charge is 0.304 e. The Kier molecular flexibility index (Phi) is 3.62. The van der Waals surface area contributed by atoms with Gasteiger partial charge in [0.15, 0.2) is 0 Å². The minimum atomic E-state index is -0.771. The number of imidazole rings is 1. The van der Waals surface area contributed by atoms with Crippen LogP contribution in [0.1, 0.15) is 12.2 Å². The predicted octanol–water partition coefficient (Wildman–Crippen LogP) is 1.48. The van der Waals surface area contributed by atoms with Gasteiger partial charge in [-0.2, -0.15) is 0 Å². The average molecular weight is 247 g/mol. The molecule has 2 rings (SSSR count). The van der Waals surface area contributed by atoms with Gasteiger partial charge in [0.25, 0.3) is 0 Å². The Morgan fingerprint density at radius 1 is 1.44 bits per heavy atom. The Morgan fingerprint density at radius 3 is 2.83 bits per heavy atom. The number of para-hydroxylation sites is 2. The van der Waals surface area contributed by atoms with Crippen LogP contribution < -0.4 is 0 Å². The van der Waals surface area contributed by atoms with Crippen molar-refractivity contribution in [1.29, 1.82) is 0 Å². The lowest BCUT2D eigenvalue weighted by Gasteiger charge is -2.14. The van der Waals surface area contributed by atoms with Crippen LogP contribution in [0.5, 0.6) is 0 Å². The monoisotopic (exact) mass is 247 g/mol. The topological polar surface area (TPSA) is 58.4 Å². The summed E-state index contributed by atoms with van der Waals surface area (Å²) in [6.07, 6.45) is 0.153. The van der Waals surface area contributed by atoms with E-state index in [0.717, 1.165) is 16.9 Å². The highest BCUT2D eigenvalue weighted by atomic mass is 16.4. The van der Waals surface area contributed by atoms with Crippen LogP contribution in [0.25, 0.3) is 11.0 Å². The quantitative estimate of drug-likeness (QED) is 0.869. The molecule has 1 aromatic heterocycles. The molecule has 0 unspecified atom stereocenters. The van der Waals surface area contributed by atoms with E-state index in [0.29, 0.717) is 13.1 Å². The summed E-state index contributed by atoms with van der Waals surface area (Å²) in [5.74, 6) is 0.177. The molecular weight excluding hydrogens is 230 g/mol. The first-order chi connectivity index (χ1) is 8.58. The Labute approximate surface area is 106 Å². The van der Waals surface area contributed by atoms with Crippen LogP contribution in [0, 0.1) is 0 Å². The second kappa shape index (κ2) is 5.18. The van der Waals surface area contributed by atoms with Gasteiger partial charge in [0, 0.05) is 13.6 Å². The number of carbonyl (C=O) groups is 1. The number of benzene rings is 1. The third-order valence-corrected chi connectivity index (χ3v) is 3.00. The Bertz CT molecular complexity index is 562. The van der Waals surface area contributed by atoms with Gasteiger partial charge in [-0.3, -0.25) is 9.69 Å². The SMILES string of the molecule is CN(CCC(=O)O)Cc1nc2ccccc2n1C. The standard InChI is InChI=1S/C13H17N3O2/c1-15(8-7-13(17)18)9-12-14-10-5-3-4-6-11(10)16(12)2/h3-6H,7-9H2,1-2H3,(H,17,18). The van der Waals surface area contributed by atoms with Crippen molar-refractivity contribution in [1.82, 2.24) is 14.5 Å². The Balaban J connectivity index is 2.11. The maximum absolute atomic E-state index is 10.5. The van der Waals surface area contributed by atoms with Crippen molar-refractivity contribution in [2.24, 2.45) is 7.05 Å². The largest absolute Gasteiger partial charge is 0.481 e. The first kappa shape index (κ1) is 12.6. The molecule has 2 aromatic rings. The minimum absolute atomic E-state index is 0.153. The summed E-state index contributed by atoms with van der Waals surface area (Å²) in [6, 6.07) is 7.97. The second-order valence-electron chi connectivity index (χ2n) is 4.46. The van der Waals surface area contributed by atoms with E-state index in [1.807, 2.05) is 47.8 Å². The van der Waals surface area contributed by atoms with Crippen molar-refractivity contribution in [3.63, 3.8) is 0 Å². The van der Waals surface area contributed by atoms with Crippen LogP contribution in [0.3, 0.4) is 0 Å². The summed E-state index contributed by atoms with van der Waals surface area (Å²) < 4.78 is 2.05. The van der Waals surface area contributed by atoms with E-state index in [4.69, 9.17) is 5.11 Å². The van der Waals surface area contributed by atoms with Gasteiger partial charge in [0.1, 0.15) is 5.82 Å². The zero-order valence-electron chi connectivity index (χ0n) is 10.6. The van der Waals surface area contributed by atoms with Crippen LogP contribution in [-0.2, 0) is 18.4 Å². The van der Waals surface area contributed by atoms with Gasteiger partial charge < -0.3 is 9.67 Å². The average Bonchev–Trinajstić information content (AvgIpc) is 2.65. The van der Waals surface area contributed by atoms with E-state index >= 15 is 0 Å². The number of aromatic nitrogens is 2. The van der Waals surface area contributed by atoms with Gasteiger partial charge in [0.05, 0.1) is 24.0 Å². The number of carboxylic acid groups (broad SMARTS) is 1. The second-order valence-corrected chi connectivity index (χ2v) is 4.46. The van der Waals surface area contributed by atoms with Crippen LogP contribution in [-0.4, -0.2) is 39.1 Å². The summed E-state index contributed by atoms with van der Waals surface area (Å²) in [4.78, 5) is 17.0. The van der Waals surface area contributed by atoms with E-state index in [9.17, 15) is 4.79 Å². The maximum atomic E-state index is 10.5. The lowest BCUT2D eigenvalue weighted by molar-refractivity contribution is -0.137. The number of fused-ring (bicyclic) bond motifs is 1. The molecule has 0 bridgehead atoms. The van der Waals surface area contributed by atoms with Crippen LogP contribution in [0.15, 0.2) is 24.3 Å². The highest BCUT2D eigenvalue weighted by Crippen LogP contribution is 2.15. The minimum Gasteiger partial charge on any atom is -0.481 e. The zero-order valence-corrected chi connectivity index (χ0v) is 10.6. The van der Waals surface area contributed by atoms with Crippen molar-refractivity contribution in [2.45, 2.75) is 13.0 Å². The molecule has 5 heteroatoms. The van der Waals surface area contributed by atoms with E-state index < -0.39 is 5.97 Å². The first-order valence-corrected chi connectivity index (χ1v) is 5.88. The highest BCUT2D eigenvalue weighted by molar-refractivity contribution is 5.75. The molecule has 18 heavy (non-hydrogen) atoms. The van der Waals surface area contributed by atoms with E-state index in [1.54, 1.807) is 0 Å². The van der Waals surface area contributed by atoms with Gasteiger partial charge in [-0.05, 0) is 19.2 Å². The molecule has 0 aliphatic carbocycles. The normalized spacial score (nSPS) is 11.3. The summed E-state index contributed by atoms with van der Waals surface area (Å²) in [5.41, 5.74) is 2.07. The van der Waals surface area contributed by atoms with Gasteiger partial charge in [0.2, 0.25) is 0 Å². The summed E-state index contributed by atoms with van der Waals surface area (Å²) in [7, 11) is 3.89. The molecule has 5 nitrogen and oxygen atoms in total. The number of hydrogen-bond donors (Lipinski definition) is 1. The lowest BCUT2D eigenvalue weighted by Crippen LogP contribution is -2.23. The zero-order chi connectivity index (χ0) is 13.1. The maximum Gasteiger partial charge on any atom is 0.304 e. The molecule has 0 aliphatic heterocycles. The fraction of sp³-hybridized carbons (Fsp3) is 0.385. The van der Waals surface area contributed by atoms with Gasteiger partial charge in [-0.1, -0.05) is 12.1 Å². The third kappa shape index (κ3) is 2.68. The van der Waals surface area contributed by atoms with Crippen LogP contribution in [0.2, 0.25) is 0 Å². The number of carboxylic acids is 1. The van der Waals surface area contributed by atoms with Gasteiger partial charge in [-0.25, -0.2) is 4.98 Å². The van der Waals surface area contributed by atoms with Crippen LogP contribution >= 0.6 is 0 Å². The molecule has 0 amide bonds. The number of rotatable bonds is 5. The molecule has 1 N–H and O–H groups in total. The molecule has 1 heterocycles. The molecule has 0 spiro atoms. The number of hydrogen-bond acceptors (Lipinski definition) is 3. The number of aryl methyl sites for hydroxylation is 1. The van der Waals surface area contributed by atoms with Crippen molar-refractivity contribution < 1.29 is 9.90 Å². The molecule has 0 saturated heterocycles. The molecule has 96 valence electrons. The van der Waals surface area contributed by atoms with E-state index in [-0.39, 0.29) is 6.42 Å². The van der Waals surface area contributed by atoms with E-state index in [1.165, 1.54) is 0 Å². The fourth-order valence-electron chi connectivity index (χ4n) is 1.94. The summed E-state index contributed by atoms with van der Waals surface area (Å²) in [6.45, 7) is 1.18. The van der Waals surface area contributed by atoms with E-state index in [2.05, 4.69) is 4.98 Å². The number of aliphatic carboxylic acids is 1. The predicted molar refractivity (Wildman–Crippen MR) is 69.3 cm³/mol. The summed E-state index contributed by atoms with van der Waals surface area (Å²) in [5, 5.41) is 8.65. The molecule has 0 aliphatic rings. The number of nitrogens with zero attached hydrogens (tertiary/aromatic N) is 3. The molecule has 0 atom stereocenters. The molecular formula is C13H17N3O2. The van der Waals surface area contributed by atoms with Gasteiger partial charge in [-0.15, -0.1) is 0 Å². The highest BCUT2D eigenvalue weighted by Gasteiger charge is 2.10.